The third kappa shape index (κ3) is 18.1. The van der Waals surface area contributed by atoms with Crippen molar-refractivity contribution in [2.75, 3.05) is 126 Å². The summed E-state index contributed by atoms with van der Waals surface area (Å²) in [6.07, 6.45) is -3.92. The molecule has 0 saturated carbocycles. The van der Waals surface area contributed by atoms with Crippen LogP contribution in [0.2, 0.25) is 10.0 Å². The largest absolute Gasteiger partial charge is 0.380 e. The van der Waals surface area contributed by atoms with Crippen LogP contribution in [0.25, 0.3) is 0 Å². The van der Waals surface area contributed by atoms with E-state index in [2.05, 4.69) is 25.6 Å². The zero-order valence-corrected chi connectivity index (χ0v) is 34.8. The second-order valence-electron chi connectivity index (χ2n) is 12.9. The average molecular weight is 867 g/mol. The maximum atomic E-state index is 12.9. The molecule has 1 aliphatic rings. The van der Waals surface area contributed by atoms with Gasteiger partial charge in [-0.3, -0.25) is 9.59 Å². The van der Waals surface area contributed by atoms with Gasteiger partial charge in [0.1, 0.15) is 0 Å². The fourth-order valence-electron chi connectivity index (χ4n) is 5.59. The van der Waals surface area contributed by atoms with E-state index in [9.17, 15) is 28.2 Å². The molecule has 322 valence electrons. The van der Waals surface area contributed by atoms with Crippen molar-refractivity contribution in [2.45, 2.75) is 29.6 Å². The van der Waals surface area contributed by atoms with Crippen LogP contribution in [0.4, 0.5) is 0 Å². The number of aliphatic hydroxyl groups excluding tert-OH is 2. The highest BCUT2D eigenvalue weighted by Crippen LogP contribution is 2.38. The zero-order chi connectivity index (χ0) is 41.5. The van der Waals surface area contributed by atoms with Gasteiger partial charge in [0, 0.05) is 55.2 Å². The van der Waals surface area contributed by atoms with E-state index in [1.54, 1.807) is 18.2 Å². The van der Waals surface area contributed by atoms with Gasteiger partial charge in [-0.15, -0.1) is 0 Å². The Hall–Kier alpha value is -2.53. The molecular formula is C37H57Cl2N5O12S. The molecule has 17 nitrogen and oxygen atoms in total. The number of halogens is 2. The first kappa shape index (κ1) is 48.8. The summed E-state index contributed by atoms with van der Waals surface area (Å²) in [5.41, 5.74) is 3.03. The monoisotopic (exact) mass is 865 g/mol. The lowest BCUT2D eigenvalue weighted by atomic mass is 9.85. The number of nitrogens with one attached hydrogen (secondary N) is 4. The van der Waals surface area contributed by atoms with Gasteiger partial charge in [-0.1, -0.05) is 35.3 Å². The van der Waals surface area contributed by atoms with Crippen molar-refractivity contribution < 1.29 is 56.6 Å². The maximum absolute atomic E-state index is 12.9. The van der Waals surface area contributed by atoms with Gasteiger partial charge in [0.2, 0.25) is 10.0 Å². The van der Waals surface area contributed by atoms with Crippen LogP contribution in [0.5, 0.6) is 0 Å². The molecule has 0 saturated heterocycles. The molecule has 57 heavy (non-hydrogen) atoms. The molecule has 0 radical (unpaired) electrons. The standard InChI is InChI=1S/C37H57Cl2N5O12S/c1-40-7-11-51-15-19-55-20-16-52-12-8-41-36(47)34(45)35(46)37(48)42-9-13-53-17-21-56-22-18-54-14-10-43-57(49,50)29-5-3-27(4-6-29)31-25-44(2)26-32-30(31)23-28(38)24-33(32)39/h3-6,23-24,31,34-35,40,43,45-46H,7-22,25-26H2,1-2H3,(H,41,47)(H,42,48)/t31-,34?,35?/m1/s1. The second-order valence-corrected chi connectivity index (χ2v) is 15.5. The van der Waals surface area contributed by atoms with Crippen molar-refractivity contribution in [3.05, 3.63) is 63.1 Å². The number of hydrogen-bond donors (Lipinski definition) is 6. The highest BCUT2D eigenvalue weighted by molar-refractivity contribution is 7.89. The molecule has 2 amide bonds. The van der Waals surface area contributed by atoms with Crippen LogP contribution in [-0.4, -0.2) is 174 Å². The molecule has 0 bridgehead atoms. The van der Waals surface area contributed by atoms with E-state index in [1.807, 2.05) is 32.3 Å². The van der Waals surface area contributed by atoms with Crippen molar-refractivity contribution in [3.63, 3.8) is 0 Å². The third-order valence-corrected chi connectivity index (χ3v) is 10.6. The van der Waals surface area contributed by atoms with E-state index >= 15 is 0 Å². The van der Waals surface area contributed by atoms with Gasteiger partial charge in [-0.2, -0.15) is 0 Å². The van der Waals surface area contributed by atoms with Gasteiger partial charge in [-0.25, -0.2) is 13.1 Å². The topological polar surface area (TPSA) is 215 Å². The number of aliphatic hydroxyl groups is 2. The van der Waals surface area contributed by atoms with Gasteiger partial charge >= 0.3 is 0 Å². The lowest BCUT2D eigenvalue weighted by Crippen LogP contribution is -2.50. The van der Waals surface area contributed by atoms with E-state index in [1.165, 1.54) is 0 Å². The van der Waals surface area contributed by atoms with Crippen molar-refractivity contribution in [1.29, 1.82) is 0 Å². The summed E-state index contributed by atoms with van der Waals surface area (Å²) >= 11 is 12.8. The zero-order valence-electron chi connectivity index (χ0n) is 32.5. The molecule has 20 heteroatoms. The fraction of sp³-hybridized carbons (Fsp3) is 0.622. The second kappa shape index (κ2) is 27.3. The number of amides is 2. The first-order valence-corrected chi connectivity index (χ1v) is 21.0. The lowest BCUT2D eigenvalue weighted by molar-refractivity contribution is -0.146. The van der Waals surface area contributed by atoms with Crippen LogP contribution in [0.15, 0.2) is 41.3 Å². The number of ether oxygens (including phenoxy) is 6. The summed E-state index contributed by atoms with van der Waals surface area (Å²) in [4.78, 5) is 26.5. The number of hydrogen-bond acceptors (Lipinski definition) is 14. The van der Waals surface area contributed by atoms with Crippen LogP contribution in [0.3, 0.4) is 0 Å². The molecule has 3 rings (SSSR count). The van der Waals surface area contributed by atoms with E-state index in [0.29, 0.717) is 49.6 Å². The van der Waals surface area contributed by atoms with Gasteiger partial charge in [-0.05, 0) is 55.1 Å². The molecule has 2 aromatic carbocycles. The Morgan fingerprint density at radius 1 is 0.737 bits per heavy atom. The Labute approximate surface area is 345 Å². The van der Waals surface area contributed by atoms with Crippen LogP contribution < -0.4 is 20.7 Å². The van der Waals surface area contributed by atoms with E-state index in [4.69, 9.17) is 51.6 Å². The normalized spacial score (nSPS) is 15.6. The lowest BCUT2D eigenvalue weighted by Gasteiger charge is -2.33. The first-order valence-electron chi connectivity index (χ1n) is 18.7. The van der Waals surface area contributed by atoms with Crippen LogP contribution in [0, 0.1) is 0 Å². The van der Waals surface area contributed by atoms with Gasteiger partial charge in [0.15, 0.2) is 12.2 Å². The quantitative estimate of drug-likeness (QED) is 0.0576. The van der Waals surface area contributed by atoms with E-state index in [-0.39, 0.29) is 76.7 Å². The molecule has 1 heterocycles. The van der Waals surface area contributed by atoms with Crippen LogP contribution in [0.1, 0.15) is 22.6 Å². The number of likely N-dealkylation sites (N-methyl/N-ethyl adjacent to an activating group) is 2. The molecule has 0 aliphatic carbocycles. The van der Waals surface area contributed by atoms with Gasteiger partial charge in [0.05, 0.1) is 84.2 Å². The molecule has 3 atom stereocenters. The van der Waals surface area contributed by atoms with E-state index < -0.39 is 34.0 Å². The molecule has 2 aromatic rings. The molecule has 0 spiro atoms. The predicted molar refractivity (Wildman–Crippen MR) is 213 cm³/mol. The summed E-state index contributed by atoms with van der Waals surface area (Å²) in [5, 5.41) is 28.9. The van der Waals surface area contributed by atoms with Crippen LogP contribution in [-0.2, 0) is 54.6 Å². The molecule has 6 N–H and O–H groups in total. The molecular weight excluding hydrogens is 809 g/mol. The maximum Gasteiger partial charge on any atom is 0.252 e. The van der Waals surface area contributed by atoms with Gasteiger partial charge < -0.3 is 59.5 Å². The van der Waals surface area contributed by atoms with E-state index in [0.717, 1.165) is 29.8 Å². The molecule has 0 fully saturated rings. The third-order valence-electron chi connectivity index (χ3n) is 8.54. The summed E-state index contributed by atoms with van der Waals surface area (Å²) in [5.74, 6) is -1.84. The number of fused-ring (bicyclic) bond motifs is 1. The van der Waals surface area contributed by atoms with Crippen molar-refractivity contribution in [1.82, 2.24) is 25.6 Å². The highest BCUT2D eigenvalue weighted by atomic mass is 35.5. The number of benzene rings is 2. The Morgan fingerprint density at radius 3 is 1.68 bits per heavy atom. The smallest absolute Gasteiger partial charge is 0.252 e. The van der Waals surface area contributed by atoms with Gasteiger partial charge in [0.25, 0.3) is 11.8 Å². The van der Waals surface area contributed by atoms with Crippen LogP contribution >= 0.6 is 23.2 Å². The Kier molecular flexibility index (Phi) is 23.4. The summed E-state index contributed by atoms with van der Waals surface area (Å²) in [6.45, 7) is 5.93. The summed E-state index contributed by atoms with van der Waals surface area (Å²) < 4.78 is 60.5. The minimum absolute atomic E-state index is 0.00216. The minimum Gasteiger partial charge on any atom is -0.380 e. The summed E-state index contributed by atoms with van der Waals surface area (Å²) in [7, 11) is 0.111. The fourth-order valence-corrected chi connectivity index (χ4v) is 7.17. The Balaban J connectivity index is 1.16. The first-order chi connectivity index (χ1) is 27.4. The predicted octanol–water partition coefficient (Wildman–Crippen LogP) is 0.122. The van der Waals surface area contributed by atoms with Crippen molar-refractivity contribution in [2.24, 2.45) is 0 Å². The number of carbonyl (C=O) groups excluding carboxylic acids is 2. The molecule has 0 aromatic heterocycles. The number of sulfonamides is 1. The Morgan fingerprint density at radius 2 is 1.19 bits per heavy atom. The minimum atomic E-state index is -3.75. The number of nitrogens with zero attached hydrogens (tertiary/aromatic N) is 1. The number of rotatable bonds is 30. The van der Waals surface area contributed by atoms with Crippen molar-refractivity contribution >= 4 is 45.0 Å². The molecule has 2 unspecified atom stereocenters. The Bertz CT molecular complexity index is 1600. The SMILES string of the molecule is CNCCOCCOCCOCCNC(=O)C(O)C(O)C(=O)NCCOCCOCCOCCNS(=O)(=O)c1ccc([C@H]2CN(C)Cc3c(Cl)cc(Cl)cc32)cc1. The number of carbonyl (C=O) groups is 2. The summed E-state index contributed by atoms with van der Waals surface area (Å²) in [6, 6.07) is 10.5. The molecule has 1 aliphatic heterocycles. The average Bonchev–Trinajstić information content (AvgIpc) is 3.19. The highest BCUT2D eigenvalue weighted by Gasteiger charge is 2.30. The van der Waals surface area contributed by atoms with Crippen molar-refractivity contribution in [3.8, 4) is 0 Å².